The van der Waals surface area contributed by atoms with Gasteiger partial charge in [-0.3, -0.25) is 9.59 Å². The molecule has 11 nitrogen and oxygen atoms in total. The standard InChI is InChI=1S/C38H46N2O9/c1-20-19-21(2)38(46)25(12-14-26-29-30(31(26)38)32(42)22(3)34(29)49-36(44)27-11-8-17-39-27)13-15-28(41)48-33(20)23(4)47-37(45)35(43)40-18-16-24-9-6-5-7-10-24/h5-12,14,17,19-20,22-23,25-26,29-34,39,42,46H,13,15-16,18H2,1-4H3,(H,40,43)/b21-19+/t20-,22-,23-,25-,26?,29+,30?,31?,32-,33+,34-,38+/m1/s1. The van der Waals surface area contributed by atoms with E-state index in [0.717, 1.165) is 5.56 Å². The summed E-state index contributed by atoms with van der Waals surface area (Å²) < 4.78 is 17.3. The number of carbonyl (C=O) groups excluding carboxylic acids is 4. The van der Waals surface area contributed by atoms with Crippen molar-refractivity contribution in [3.8, 4) is 0 Å². The predicted octanol–water partition coefficient (Wildman–Crippen LogP) is 3.52. The van der Waals surface area contributed by atoms with E-state index in [2.05, 4.69) is 10.3 Å². The van der Waals surface area contributed by atoms with Crippen LogP contribution < -0.4 is 5.32 Å². The van der Waals surface area contributed by atoms with E-state index in [1.54, 1.807) is 25.3 Å². The number of amides is 1. The lowest BCUT2D eigenvalue weighted by Gasteiger charge is -2.61. The predicted molar refractivity (Wildman–Crippen MR) is 177 cm³/mol. The van der Waals surface area contributed by atoms with Gasteiger partial charge in [-0.15, -0.1) is 0 Å². The Balaban J connectivity index is 1.17. The summed E-state index contributed by atoms with van der Waals surface area (Å²) in [5.41, 5.74) is 0.621. The number of esters is 3. The van der Waals surface area contributed by atoms with E-state index in [1.807, 2.05) is 69.3 Å². The van der Waals surface area contributed by atoms with Crippen LogP contribution in [0.2, 0.25) is 0 Å². The van der Waals surface area contributed by atoms with Crippen molar-refractivity contribution < 1.29 is 43.6 Å². The molecular weight excluding hydrogens is 628 g/mol. The second-order valence-electron chi connectivity index (χ2n) is 14.2. The van der Waals surface area contributed by atoms with Gasteiger partial charge in [-0.05, 0) is 61.8 Å². The van der Waals surface area contributed by atoms with Gasteiger partial charge in [-0.2, -0.15) is 0 Å². The van der Waals surface area contributed by atoms with Crippen LogP contribution in [0.5, 0.6) is 0 Å². The highest BCUT2D eigenvalue weighted by Crippen LogP contribution is 2.66. The minimum absolute atomic E-state index is 0.00920. The third-order valence-electron chi connectivity index (χ3n) is 11.3. The van der Waals surface area contributed by atoms with Crippen molar-refractivity contribution >= 4 is 23.8 Å². The second kappa shape index (κ2) is 14.0. The van der Waals surface area contributed by atoms with Gasteiger partial charge in [0.25, 0.3) is 0 Å². The van der Waals surface area contributed by atoms with Crippen LogP contribution in [0.4, 0.5) is 0 Å². The van der Waals surface area contributed by atoms with E-state index in [-0.39, 0.29) is 42.6 Å². The van der Waals surface area contributed by atoms with Crippen LogP contribution in [-0.4, -0.2) is 75.6 Å². The van der Waals surface area contributed by atoms with Gasteiger partial charge in [-0.1, -0.05) is 62.4 Å². The number of aliphatic hydroxyl groups is 2. The molecule has 3 aliphatic carbocycles. The number of carbonyl (C=O) groups is 4. The summed E-state index contributed by atoms with van der Waals surface area (Å²) in [6.45, 7) is 7.37. The number of ether oxygens (including phenoxy) is 3. The van der Waals surface area contributed by atoms with Crippen LogP contribution in [-0.2, 0) is 35.0 Å². The first-order chi connectivity index (χ1) is 23.4. The molecule has 0 bridgehead atoms. The molecule has 262 valence electrons. The van der Waals surface area contributed by atoms with Crippen molar-refractivity contribution in [2.24, 2.45) is 41.4 Å². The maximum absolute atomic E-state index is 13.1. The monoisotopic (exact) mass is 674 g/mol. The van der Waals surface area contributed by atoms with Gasteiger partial charge in [0.05, 0.1) is 11.7 Å². The fourth-order valence-electron chi connectivity index (χ4n) is 8.88. The molecule has 0 saturated heterocycles. The molecule has 12 atom stereocenters. The first-order valence-corrected chi connectivity index (χ1v) is 17.3. The number of fused-ring (bicyclic) bond motifs is 6. The molecular formula is C38H46N2O9. The average molecular weight is 675 g/mol. The van der Waals surface area contributed by atoms with Crippen molar-refractivity contribution in [3.63, 3.8) is 0 Å². The van der Waals surface area contributed by atoms with E-state index < -0.39 is 65.7 Å². The summed E-state index contributed by atoms with van der Waals surface area (Å²) in [6, 6.07) is 12.9. The van der Waals surface area contributed by atoms with E-state index in [1.165, 1.54) is 0 Å². The Morgan fingerprint density at radius 3 is 2.57 bits per heavy atom. The minimum atomic E-state index is -1.39. The Labute approximate surface area is 286 Å². The van der Waals surface area contributed by atoms with Crippen molar-refractivity contribution in [1.29, 1.82) is 0 Å². The average Bonchev–Trinajstić information content (AvgIpc) is 3.67. The highest BCUT2D eigenvalue weighted by molar-refractivity contribution is 6.32. The number of hydrogen-bond acceptors (Lipinski definition) is 9. The van der Waals surface area contributed by atoms with Crippen LogP contribution in [0.3, 0.4) is 0 Å². The zero-order chi connectivity index (χ0) is 35.0. The molecule has 0 radical (unpaired) electrons. The van der Waals surface area contributed by atoms with Gasteiger partial charge in [0.2, 0.25) is 0 Å². The molecule has 1 amide bonds. The van der Waals surface area contributed by atoms with Crippen LogP contribution in [0.25, 0.3) is 0 Å². The fraction of sp³-hybridized carbons (Fsp3) is 0.526. The zero-order valence-corrected chi connectivity index (χ0v) is 28.3. The van der Waals surface area contributed by atoms with Crippen LogP contribution in [0.15, 0.2) is 72.5 Å². The maximum Gasteiger partial charge on any atom is 0.397 e. The van der Waals surface area contributed by atoms with Crippen molar-refractivity contribution in [2.75, 3.05) is 6.54 Å². The summed E-state index contributed by atoms with van der Waals surface area (Å²) in [5.74, 6) is -5.24. The molecule has 2 fully saturated rings. The van der Waals surface area contributed by atoms with Crippen molar-refractivity contribution in [3.05, 3.63) is 83.7 Å². The third-order valence-corrected chi connectivity index (χ3v) is 11.3. The zero-order valence-electron chi connectivity index (χ0n) is 28.3. The largest absolute Gasteiger partial charge is 0.458 e. The van der Waals surface area contributed by atoms with E-state index >= 15 is 0 Å². The van der Waals surface area contributed by atoms with E-state index in [4.69, 9.17) is 14.2 Å². The molecule has 3 unspecified atom stereocenters. The Bertz CT molecular complexity index is 1600. The molecule has 2 heterocycles. The molecule has 0 spiro atoms. The van der Waals surface area contributed by atoms with E-state index in [0.29, 0.717) is 24.1 Å². The number of H-pyrrole nitrogens is 1. The first kappa shape index (κ1) is 34.6. The van der Waals surface area contributed by atoms with Crippen LogP contribution in [0, 0.1) is 41.4 Å². The maximum atomic E-state index is 13.1. The summed E-state index contributed by atoms with van der Waals surface area (Å²) in [7, 11) is 0. The van der Waals surface area contributed by atoms with Gasteiger partial charge in [0.15, 0.2) is 0 Å². The third kappa shape index (κ3) is 6.46. The number of cyclic esters (lactones) is 1. The minimum Gasteiger partial charge on any atom is -0.458 e. The number of hydrogen-bond donors (Lipinski definition) is 4. The molecule has 2 saturated carbocycles. The van der Waals surface area contributed by atoms with Crippen LogP contribution >= 0.6 is 0 Å². The Hall–Kier alpha value is -4.22. The molecule has 49 heavy (non-hydrogen) atoms. The molecule has 1 aromatic carbocycles. The van der Waals surface area contributed by atoms with Gasteiger partial charge >= 0.3 is 23.8 Å². The normalized spacial score (nSPS) is 36.7. The molecule has 1 aromatic heterocycles. The second-order valence-corrected chi connectivity index (χ2v) is 14.2. The molecule has 1 aliphatic heterocycles. The van der Waals surface area contributed by atoms with Crippen LogP contribution in [0.1, 0.15) is 56.6 Å². The summed E-state index contributed by atoms with van der Waals surface area (Å²) >= 11 is 0. The summed E-state index contributed by atoms with van der Waals surface area (Å²) in [6.07, 6.45) is 5.14. The topological polar surface area (TPSA) is 164 Å². The molecule has 2 aromatic rings. The lowest BCUT2D eigenvalue weighted by Crippen LogP contribution is -2.64. The molecule has 11 heteroatoms. The van der Waals surface area contributed by atoms with Gasteiger partial charge in [0, 0.05) is 48.8 Å². The van der Waals surface area contributed by atoms with Crippen molar-refractivity contribution in [2.45, 2.75) is 77.0 Å². The number of aliphatic hydroxyl groups excluding tert-OH is 1. The summed E-state index contributed by atoms with van der Waals surface area (Å²) in [5, 5.41) is 26.8. The van der Waals surface area contributed by atoms with Crippen molar-refractivity contribution in [1.82, 2.24) is 10.3 Å². The highest BCUT2D eigenvalue weighted by Gasteiger charge is 2.70. The van der Waals surface area contributed by atoms with Gasteiger partial charge < -0.3 is 34.7 Å². The molecule has 4 N–H and O–H groups in total. The Kier molecular flexibility index (Phi) is 9.86. The number of nitrogens with one attached hydrogen (secondary N) is 2. The number of aromatic nitrogens is 1. The van der Waals surface area contributed by atoms with Gasteiger partial charge in [-0.25, -0.2) is 9.59 Å². The lowest BCUT2D eigenvalue weighted by atomic mass is 9.46. The lowest BCUT2D eigenvalue weighted by molar-refractivity contribution is -0.180. The first-order valence-electron chi connectivity index (χ1n) is 17.3. The summed E-state index contributed by atoms with van der Waals surface area (Å²) in [4.78, 5) is 54.2. The quantitative estimate of drug-likeness (QED) is 0.149. The van der Waals surface area contributed by atoms with Gasteiger partial charge in [0.1, 0.15) is 24.0 Å². The smallest absolute Gasteiger partial charge is 0.397 e. The SMILES string of the molecule is C/C1=C\[C@@H](C)[C@@H]([C@@H](C)OC(=O)C(=O)NCCc2ccccc2)OC(=O)CC[C@H]2C=CC3C(C4[C@H]3[C@H](OC(=O)c3ccc[nH]3)[C@H](C)[C@H]4O)[C@]12O. The Morgan fingerprint density at radius 2 is 1.86 bits per heavy atom. The molecule has 4 aliphatic rings. The number of benzene rings is 1. The number of rotatable bonds is 7. The molecule has 6 rings (SSSR count). The van der Waals surface area contributed by atoms with E-state index in [9.17, 15) is 29.4 Å². The fourth-order valence-corrected chi connectivity index (χ4v) is 8.88. The highest BCUT2D eigenvalue weighted by atomic mass is 16.6. The Morgan fingerprint density at radius 1 is 1.10 bits per heavy atom. The number of aromatic amines is 1. The number of allylic oxidation sites excluding steroid dienone is 1.